The standard InChI is InChI=1S/C11H17ClN2O/c1-3-15-5-4-14-11-7-9(12)10(13)6-8(11)2/h6-7,14H,3-5,13H2,1-2H3. The lowest BCUT2D eigenvalue weighted by atomic mass is 10.2. The molecule has 0 bridgehead atoms. The molecule has 0 aliphatic rings. The first-order valence-electron chi connectivity index (χ1n) is 5.02. The highest BCUT2D eigenvalue weighted by Crippen LogP contribution is 2.26. The predicted octanol–water partition coefficient (Wildman–Crippen LogP) is 2.68. The summed E-state index contributed by atoms with van der Waals surface area (Å²) in [4.78, 5) is 0. The molecule has 0 atom stereocenters. The number of aryl methyl sites for hydroxylation is 1. The van der Waals surface area contributed by atoms with Crippen LogP contribution in [0.15, 0.2) is 12.1 Å². The number of ether oxygens (including phenoxy) is 1. The smallest absolute Gasteiger partial charge is 0.0656 e. The van der Waals surface area contributed by atoms with Gasteiger partial charge in [0, 0.05) is 18.8 Å². The highest BCUT2D eigenvalue weighted by atomic mass is 35.5. The Morgan fingerprint density at radius 2 is 2.20 bits per heavy atom. The number of nitrogen functional groups attached to an aromatic ring is 1. The van der Waals surface area contributed by atoms with Crippen molar-refractivity contribution in [3.05, 3.63) is 22.7 Å². The van der Waals surface area contributed by atoms with Gasteiger partial charge in [-0.05, 0) is 31.5 Å². The van der Waals surface area contributed by atoms with E-state index in [-0.39, 0.29) is 0 Å². The maximum atomic E-state index is 5.93. The third-order valence-corrected chi connectivity index (χ3v) is 2.44. The lowest BCUT2D eigenvalue weighted by Gasteiger charge is -2.11. The fraction of sp³-hybridized carbons (Fsp3) is 0.455. The molecule has 0 aliphatic carbocycles. The number of rotatable bonds is 5. The minimum atomic E-state index is 0.583. The van der Waals surface area contributed by atoms with E-state index in [1.54, 1.807) is 0 Å². The summed E-state index contributed by atoms with van der Waals surface area (Å²) < 4.78 is 5.23. The molecule has 15 heavy (non-hydrogen) atoms. The van der Waals surface area contributed by atoms with Crippen LogP contribution in [0.5, 0.6) is 0 Å². The third-order valence-electron chi connectivity index (χ3n) is 2.11. The lowest BCUT2D eigenvalue weighted by Crippen LogP contribution is -2.10. The zero-order valence-electron chi connectivity index (χ0n) is 9.14. The van der Waals surface area contributed by atoms with E-state index >= 15 is 0 Å². The Morgan fingerprint density at radius 3 is 2.87 bits per heavy atom. The van der Waals surface area contributed by atoms with Crippen molar-refractivity contribution in [1.82, 2.24) is 0 Å². The average molecular weight is 229 g/mol. The van der Waals surface area contributed by atoms with Gasteiger partial charge in [0.25, 0.3) is 0 Å². The van der Waals surface area contributed by atoms with Crippen molar-refractivity contribution < 1.29 is 4.74 Å². The van der Waals surface area contributed by atoms with Crippen molar-refractivity contribution in [2.24, 2.45) is 0 Å². The molecule has 3 N–H and O–H groups in total. The molecule has 0 amide bonds. The Bertz CT molecular complexity index is 329. The second-order valence-corrected chi connectivity index (χ2v) is 3.72. The van der Waals surface area contributed by atoms with Gasteiger partial charge in [-0.2, -0.15) is 0 Å². The average Bonchev–Trinajstić information content (AvgIpc) is 2.20. The highest BCUT2D eigenvalue weighted by molar-refractivity contribution is 6.33. The highest BCUT2D eigenvalue weighted by Gasteiger charge is 2.02. The van der Waals surface area contributed by atoms with Crippen molar-refractivity contribution in [3.8, 4) is 0 Å². The molecular formula is C11H17ClN2O. The number of hydrogen-bond donors (Lipinski definition) is 2. The molecule has 0 aliphatic heterocycles. The zero-order chi connectivity index (χ0) is 11.3. The van der Waals surface area contributed by atoms with Gasteiger partial charge in [-0.3, -0.25) is 0 Å². The minimum absolute atomic E-state index is 0.583. The van der Waals surface area contributed by atoms with Crippen LogP contribution in [0.2, 0.25) is 5.02 Å². The molecule has 84 valence electrons. The Balaban J connectivity index is 2.57. The topological polar surface area (TPSA) is 47.3 Å². The Morgan fingerprint density at radius 1 is 1.47 bits per heavy atom. The van der Waals surface area contributed by atoms with Gasteiger partial charge in [0.1, 0.15) is 0 Å². The molecular weight excluding hydrogens is 212 g/mol. The lowest BCUT2D eigenvalue weighted by molar-refractivity contribution is 0.158. The Hall–Kier alpha value is -0.930. The van der Waals surface area contributed by atoms with E-state index in [9.17, 15) is 0 Å². The van der Waals surface area contributed by atoms with Crippen molar-refractivity contribution >= 4 is 23.0 Å². The monoisotopic (exact) mass is 228 g/mol. The number of hydrogen-bond acceptors (Lipinski definition) is 3. The van der Waals surface area contributed by atoms with Crippen LogP contribution in [0.4, 0.5) is 11.4 Å². The summed E-state index contributed by atoms with van der Waals surface area (Å²) in [6.45, 7) is 6.18. The first-order valence-corrected chi connectivity index (χ1v) is 5.40. The molecule has 1 aromatic carbocycles. The van der Waals surface area contributed by atoms with Crippen LogP contribution in [-0.4, -0.2) is 19.8 Å². The van der Waals surface area contributed by atoms with Crippen LogP contribution in [-0.2, 0) is 4.74 Å². The van der Waals surface area contributed by atoms with Gasteiger partial charge in [0.15, 0.2) is 0 Å². The van der Waals surface area contributed by atoms with E-state index in [1.807, 2.05) is 26.0 Å². The van der Waals surface area contributed by atoms with E-state index in [4.69, 9.17) is 22.1 Å². The summed E-state index contributed by atoms with van der Waals surface area (Å²) in [5.74, 6) is 0. The second kappa shape index (κ2) is 5.83. The molecule has 0 saturated heterocycles. The molecule has 3 nitrogen and oxygen atoms in total. The summed E-state index contributed by atoms with van der Waals surface area (Å²) in [6.07, 6.45) is 0. The van der Waals surface area contributed by atoms with Crippen LogP contribution in [0.1, 0.15) is 12.5 Å². The molecule has 0 spiro atoms. The molecule has 0 fully saturated rings. The van der Waals surface area contributed by atoms with Crippen molar-refractivity contribution in [1.29, 1.82) is 0 Å². The van der Waals surface area contributed by atoms with Crippen LogP contribution in [0, 0.1) is 6.92 Å². The van der Waals surface area contributed by atoms with E-state index in [1.165, 1.54) is 0 Å². The van der Waals surface area contributed by atoms with E-state index in [0.29, 0.717) is 17.3 Å². The summed E-state index contributed by atoms with van der Waals surface area (Å²) in [5.41, 5.74) is 8.40. The Kier molecular flexibility index (Phi) is 4.72. The van der Waals surface area contributed by atoms with E-state index in [2.05, 4.69) is 5.32 Å². The number of nitrogens with two attached hydrogens (primary N) is 1. The molecule has 1 aromatic rings. The van der Waals surface area contributed by atoms with Crippen LogP contribution >= 0.6 is 11.6 Å². The van der Waals surface area contributed by atoms with Gasteiger partial charge in [-0.25, -0.2) is 0 Å². The second-order valence-electron chi connectivity index (χ2n) is 3.31. The van der Waals surface area contributed by atoms with Gasteiger partial charge in [-0.1, -0.05) is 11.6 Å². The number of nitrogens with one attached hydrogen (secondary N) is 1. The van der Waals surface area contributed by atoms with Crippen molar-refractivity contribution in [3.63, 3.8) is 0 Å². The van der Waals surface area contributed by atoms with Gasteiger partial charge >= 0.3 is 0 Å². The molecule has 1 rings (SSSR count). The molecule has 4 heteroatoms. The molecule has 0 saturated carbocycles. The van der Waals surface area contributed by atoms with Crippen LogP contribution < -0.4 is 11.1 Å². The summed E-state index contributed by atoms with van der Waals surface area (Å²) in [6, 6.07) is 3.71. The normalized spacial score (nSPS) is 10.3. The van der Waals surface area contributed by atoms with Crippen LogP contribution in [0.3, 0.4) is 0 Å². The van der Waals surface area contributed by atoms with Gasteiger partial charge < -0.3 is 15.8 Å². The molecule has 0 unspecified atom stereocenters. The van der Waals surface area contributed by atoms with Gasteiger partial charge in [0.05, 0.1) is 17.3 Å². The maximum Gasteiger partial charge on any atom is 0.0656 e. The molecule has 0 aromatic heterocycles. The molecule has 0 heterocycles. The summed E-state index contributed by atoms with van der Waals surface area (Å²) >= 11 is 5.93. The number of benzene rings is 1. The SMILES string of the molecule is CCOCCNc1cc(Cl)c(N)cc1C. The summed E-state index contributed by atoms with van der Waals surface area (Å²) in [7, 11) is 0. The number of halogens is 1. The number of anilines is 2. The van der Waals surface area contributed by atoms with Gasteiger partial charge in [-0.15, -0.1) is 0 Å². The first kappa shape index (κ1) is 12.1. The van der Waals surface area contributed by atoms with Crippen LogP contribution in [0.25, 0.3) is 0 Å². The molecule has 0 radical (unpaired) electrons. The van der Waals surface area contributed by atoms with Gasteiger partial charge in [0.2, 0.25) is 0 Å². The maximum absolute atomic E-state index is 5.93. The third kappa shape index (κ3) is 3.61. The zero-order valence-corrected chi connectivity index (χ0v) is 9.90. The fourth-order valence-corrected chi connectivity index (χ4v) is 1.46. The predicted molar refractivity (Wildman–Crippen MR) is 65.6 cm³/mol. The largest absolute Gasteiger partial charge is 0.398 e. The Labute approximate surface area is 95.6 Å². The van der Waals surface area contributed by atoms with Crippen molar-refractivity contribution in [2.45, 2.75) is 13.8 Å². The summed E-state index contributed by atoms with van der Waals surface area (Å²) in [5, 5.41) is 3.83. The van der Waals surface area contributed by atoms with E-state index < -0.39 is 0 Å². The minimum Gasteiger partial charge on any atom is -0.398 e. The van der Waals surface area contributed by atoms with E-state index in [0.717, 1.165) is 24.4 Å². The first-order chi connectivity index (χ1) is 7.15. The quantitative estimate of drug-likeness (QED) is 0.602. The van der Waals surface area contributed by atoms with Crippen molar-refractivity contribution in [2.75, 3.05) is 30.8 Å². The fourth-order valence-electron chi connectivity index (χ4n) is 1.30.